The van der Waals surface area contributed by atoms with Crippen LogP contribution in [0.4, 0.5) is 17.6 Å². The summed E-state index contributed by atoms with van der Waals surface area (Å²) in [5.74, 6) is -2.18. The van der Waals surface area contributed by atoms with Gasteiger partial charge in [0.1, 0.15) is 6.10 Å². The van der Waals surface area contributed by atoms with Crippen LogP contribution in [0, 0.1) is 0 Å². The van der Waals surface area contributed by atoms with Crippen molar-refractivity contribution >= 4 is 5.91 Å². The lowest BCUT2D eigenvalue weighted by Crippen LogP contribution is -2.64. The van der Waals surface area contributed by atoms with E-state index in [0.29, 0.717) is 5.56 Å². The summed E-state index contributed by atoms with van der Waals surface area (Å²) in [6.45, 7) is 1.43. The van der Waals surface area contributed by atoms with E-state index in [9.17, 15) is 18.0 Å². The Hall–Kier alpha value is -2.49. The maximum Gasteiger partial charge on any atom is 0.471 e. The summed E-state index contributed by atoms with van der Waals surface area (Å²) in [4.78, 5) is 11.5. The van der Waals surface area contributed by atoms with E-state index in [1.54, 1.807) is 54.6 Å². The molecule has 0 aromatic heterocycles. The number of hydrogen-bond acceptors (Lipinski definition) is 4. The number of hydrogen-bond donors (Lipinski definition) is 1. The highest BCUT2D eigenvalue weighted by molar-refractivity contribution is 5.82. The summed E-state index contributed by atoms with van der Waals surface area (Å²) in [6, 6.07) is 16.4. The molecule has 0 aliphatic carbocycles. The van der Waals surface area contributed by atoms with Crippen molar-refractivity contribution < 1.29 is 36.6 Å². The van der Waals surface area contributed by atoms with E-state index < -0.39 is 42.8 Å². The van der Waals surface area contributed by atoms with Crippen LogP contribution >= 0.6 is 0 Å². The fraction of sp³-hybridized carbons (Fsp3) is 0.409. The molecule has 5 nitrogen and oxygen atoms in total. The fourth-order valence-electron chi connectivity index (χ4n) is 3.27. The molecule has 3 rings (SSSR count). The molecule has 31 heavy (non-hydrogen) atoms. The first kappa shape index (κ1) is 23.2. The maximum atomic E-state index is 15.3. The van der Waals surface area contributed by atoms with Crippen molar-refractivity contribution in [3.8, 4) is 0 Å². The fourth-order valence-corrected chi connectivity index (χ4v) is 3.27. The van der Waals surface area contributed by atoms with Crippen LogP contribution in [0.25, 0.3) is 0 Å². The Morgan fingerprint density at radius 3 is 2.00 bits per heavy atom. The Bertz CT molecular complexity index is 834. The molecule has 0 spiro atoms. The van der Waals surface area contributed by atoms with Crippen LogP contribution in [-0.2, 0) is 32.2 Å². The Balaban J connectivity index is 1.74. The number of rotatable bonds is 7. The number of amides is 1. The number of alkyl halides is 4. The topological polar surface area (TPSA) is 56.8 Å². The molecule has 2 aromatic rings. The second-order valence-corrected chi connectivity index (χ2v) is 7.21. The second kappa shape index (κ2) is 10.2. The molecular weight excluding hydrogens is 418 g/mol. The monoisotopic (exact) mass is 441 g/mol. The smallest absolute Gasteiger partial charge is 0.368 e. The van der Waals surface area contributed by atoms with Gasteiger partial charge < -0.3 is 19.5 Å². The largest absolute Gasteiger partial charge is 0.471 e. The standard InChI is InChI=1S/C22H23F4NO4/c1-14-18(27-21(28)22(24,25)26)19(29-12-15-8-4-2-5-9-15)17(23)20(31-14)30-13-16-10-6-3-7-11-16/h2-11,14,17-20H,12-13H2,1H3,(H,27,28)/t14-,17+,18+,19-,20-/m0/s1. The molecule has 168 valence electrons. The summed E-state index contributed by atoms with van der Waals surface area (Å²) in [5.41, 5.74) is 1.48. The Labute approximate surface area is 177 Å². The summed E-state index contributed by atoms with van der Waals surface area (Å²) < 4.78 is 70.3. The van der Waals surface area contributed by atoms with E-state index >= 15 is 4.39 Å². The van der Waals surface area contributed by atoms with Crippen molar-refractivity contribution in [2.45, 2.75) is 57.0 Å². The van der Waals surface area contributed by atoms with Crippen LogP contribution in [0.15, 0.2) is 60.7 Å². The van der Waals surface area contributed by atoms with Crippen LogP contribution in [0.3, 0.4) is 0 Å². The normalized spacial score (nSPS) is 26.4. The molecular formula is C22H23F4NO4. The van der Waals surface area contributed by atoms with Gasteiger partial charge in [0.15, 0.2) is 12.5 Å². The van der Waals surface area contributed by atoms with Gasteiger partial charge in [-0.05, 0) is 18.1 Å². The molecule has 0 radical (unpaired) electrons. The first-order chi connectivity index (χ1) is 14.8. The predicted molar refractivity (Wildman–Crippen MR) is 103 cm³/mol. The first-order valence-electron chi connectivity index (χ1n) is 9.74. The predicted octanol–water partition coefficient (Wildman–Crippen LogP) is 3.92. The number of nitrogens with one attached hydrogen (secondary N) is 1. The minimum absolute atomic E-state index is 0.0453. The zero-order valence-corrected chi connectivity index (χ0v) is 16.7. The average Bonchev–Trinajstić information content (AvgIpc) is 2.75. The van der Waals surface area contributed by atoms with Crippen molar-refractivity contribution in [3.05, 3.63) is 71.8 Å². The van der Waals surface area contributed by atoms with Gasteiger partial charge in [0.2, 0.25) is 0 Å². The Kier molecular flexibility index (Phi) is 7.64. The number of carbonyl (C=O) groups excluding carboxylic acids is 1. The number of halogens is 4. The van der Waals surface area contributed by atoms with Gasteiger partial charge in [0, 0.05) is 0 Å². The number of ether oxygens (including phenoxy) is 3. The number of benzene rings is 2. The lowest BCUT2D eigenvalue weighted by Gasteiger charge is -2.42. The molecule has 2 aromatic carbocycles. The summed E-state index contributed by atoms with van der Waals surface area (Å²) in [7, 11) is 0. The average molecular weight is 441 g/mol. The van der Waals surface area contributed by atoms with Gasteiger partial charge in [-0.25, -0.2) is 4.39 Å². The van der Waals surface area contributed by atoms with Crippen LogP contribution < -0.4 is 5.32 Å². The lowest BCUT2D eigenvalue weighted by atomic mass is 9.97. The van der Waals surface area contributed by atoms with Crippen LogP contribution in [-0.4, -0.2) is 42.8 Å². The third-order valence-electron chi connectivity index (χ3n) is 4.88. The molecule has 5 atom stereocenters. The minimum Gasteiger partial charge on any atom is -0.368 e. The lowest BCUT2D eigenvalue weighted by molar-refractivity contribution is -0.268. The van der Waals surface area contributed by atoms with Crippen molar-refractivity contribution in [3.63, 3.8) is 0 Å². The molecule has 1 heterocycles. The van der Waals surface area contributed by atoms with Crippen LogP contribution in [0.5, 0.6) is 0 Å². The molecule has 0 bridgehead atoms. The van der Waals surface area contributed by atoms with Gasteiger partial charge in [-0.1, -0.05) is 60.7 Å². The zero-order valence-electron chi connectivity index (χ0n) is 16.7. The number of carbonyl (C=O) groups is 1. The van der Waals surface area contributed by atoms with Crippen LogP contribution in [0.2, 0.25) is 0 Å². The van der Waals surface area contributed by atoms with Gasteiger partial charge >= 0.3 is 12.1 Å². The van der Waals surface area contributed by atoms with Gasteiger partial charge in [-0.2, -0.15) is 13.2 Å². The molecule has 1 saturated heterocycles. The van der Waals surface area contributed by atoms with E-state index in [1.165, 1.54) is 6.92 Å². The van der Waals surface area contributed by atoms with Gasteiger partial charge in [0.05, 0.1) is 25.4 Å². The molecule has 1 N–H and O–H groups in total. The SMILES string of the molecule is C[C@@H]1O[C@H](OCc2ccccc2)[C@H](F)[C@H](OCc2ccccc2)[C@@H]1NC(=O)C(F)(F)F. The van der Waals surface area contributed by atoms with Crippen molar-refractivity contribution in [1.29, 1.82) is 0 Å². The van der Waals surface area contributed by atoms with Crippen molar-refractivity contribution in [2.24, 2.45) is 0 Å². The van der Waals surface area contributed by atoms with E-state index in [2.05, 4.69) is 0 Å². The molecule has 1 aliphatic rings. The summed E-state index contributed by atoms with van der Waals surface area (Å²) in [5, 5.41) is 1.81. The van der Waals surface area contributed by atoms with E-state index in [1.807, 2.05) is 11.4 Å². The Morgan fingerprint density at radius 2 is 1.48 bits per heavy atom. The van der Waals surface area contributed by atoms with Crippen LogP contribution in [0.1, 0.15) is 18.1 Å². The molecule has 1 fully saturated rings. The minimum atomic E-state index is -5.11. The van der Waals surface area contributed by atoms with E-state index in [0.717, 1.165) is 5.56 Å². The van der Waals surface area contributed by atoms with Crippen molar-refractivity contribution in [1.82, 2.24) is 5.32 Å². The third-order valence-corrected chi connectivity index (χ3v) is 4.88. The Morgan fingerprint density at radius 1 is 0.968 bits per heavy atom. The molecule has 9 heteroatoms. The highest BCUT2D eigenvalue weighted by Crippen LogP contribution is 2.29. The molecule has 1 aliphatic heterocycles. The third kappa shape index (κ3) is 6.25. The summed E-state index contributed by atoms with van der Waals surface area (Å²) >= 11 is 0. The van der Waals surface area contributed by atoms with E-state index in [-0.39, 0.29) is 13.2 Å². The van der Waals surface area contributed by atoms with Crippen molar-refractivity contribution in [2.75, 3.05) is 0 Å². The maximum absolute atomic E-state index is 15.3. The van der Waals surface area contributed by atoms with Gasteiger partial charge in [-0.3, -0.25) is 4.79 Å². The first-order valence-corrected chi connectivity index (χ1v) is 9.74. The van der Waals surface area contributed by atoms with Gasteiger partial charge in [-0.15, -0.1) is 0 Å². The highest BCUT2D eigenvalue weighted by Gasteiger charge is 2.49. The van der Waals surface area contributed by atoms with E-state index in [4.69, 9.17) is 14.2 Å². The molecule has 0 unspecified atom stereocenters. The highest BCUT2D eigenvalue weighted by atomic mass is 19.4. The molecule has 1 amide bonds. The quantitative estimate of drug-likeness (QED) is 0.662. The second-order valence-electron chi connectivity index (χ2n) is 7.21. The van der Waals surface area contributed by atoms with Gasteiger partial charge in [0.25, 0.3) is 0 Å². The zero-order chi connectivity index (χ0) is 22.4. The summed E-state index contributed by atoms with van der Waals surface area (Å²) in [6.07, 6.45) is -10.8. The molecule has 0 saturated carbocycles.